The number of hydrogen-bond acceptors (Lipinski definition) is 4. The lowest BCUT2D eigenvalue weighted by atomic mass is 9.82. The zero-order chi connectivity index (χ0) is 14.5. The van der Waals surface area contributed by atoms with Crippen LogP contribution in [0.3, 0.4) is 0 Å². The van der Waals surface area contributed by atoms with Crippen molar-refractivity contribution in [2.24, 2.45) is 5.92 Å². The fourth-order valence-electron chi connectivity index (χ4n) is 2.98. The number of hydrogen-bond donors (Lipinski definition) is 2. The third-order valence-electron chi connectivity index (χ3n) is 4.22. The molecule has 0 heterocycles. The molecule has 1 aliphatic carbocycles. The predicted molar refractivity (Wildman–Crippen MR) is 77.1 cm³/mol. The summed E-state index contributed by atoms with van der Waals surface area (Å²) in [6.07, 6.45) is 3.80. The number of ether oxygens (including phenoxy) is 2. The molecular weight excluding hydrogens is 256 g/mol. The molecule has 4 heteroatoms. The zero-order valence-electron chi connectivity index (χ0n) is 12.2. The normalized spacial score (nSPS) is 19.4. The summed E-state index contributed by atoms with van der Waals surface area (Å²) >= 11 is 0. The predicted octanol–water partition coefficient (Wildman–Crippen LogP) is 2.68. The van der Waals surface area contributed by atoms with E-state index in [-0.39, 0.29) is 5.92 Å². The first kappa shape index (κ1) is 15.1. The molecule has 4 nitrogen and oxygen atoms in total. The van der Waals surface area contributed by atoms with Crippen LogP contribution in [0.5, 0.6) is 11.5 Å². The van der Waals surface area contributed by atoms with Crippen molar-refractivity contribution in [1.82, 2.24) is 0 Å². The number of rotatable bonds is 5. The Labute approximate surface area is 120 Å². The van der Waals surface area contributed by atoms with Crippen molar-refractivity contribution in [3.63, 3.8) is 0 Å². The van der Waals surface area contributed by atoms with Gasteiger partial charge < -0.3 is 19.7 Å². The lowest BCUT2D eigenvalue weighted by Crippen LogP contribution is -2.29. The molecule has 0 radical (unpaired) electrons. The average molecular weight is 280 g/mol. The molecule has 2 unspecified atom stereocenters. The maximum atomic E-state index is 10.4. The van der Waals surface area contributed by atoms with E-state index in [1.54, 1.807) is 32.4 Å². The molecule has 1 fully saturated rings. The molecule has 0 saturated heterocycles. The fraction of sp³-hybridized carbons (Fsp3) is 0.625. The van der Waals surface area contributed by atoms with Crippen molar-refractivity contribution >= 4 is 0 Å². The van der Waals surface area contributed by atoms with Gasteiger partial charge in [0.05, 0.1) is 20.3 Å². The van der Waals surface area contributed by atoms with Gasteiger partial charge in [-0.15, -0.1) is 0 Å². The van der Waals surface area contributed by atoms with Crippen molar-refractivity contribution in [1.29, 1.82) is 0 Å². The van der Waals surface area contributed by atoms with E-state index in [0.717, 1.165) is 25.7 Å². The van der Waals surface area contributed by atoms with E-state index in [0.29, 0.717) is 17.1 Å². The molecule has 2 N–H and O–H groups in total. The Kier molecular flexibility index (Phi) is 5.26. The molecule has 0 bridgehead atoms. The van der Waals surface area contributed by atoms with Gasteiger partial charge in [0.1, 0.15) is 17.6 Å². The molecule has 112 valence electrons. The summed E-state index contributed by atoms with van der Waals surface area (Å²) < 4.78 is 10.4. The van der Waals surface area contributed by atoms with Crippen molar-refractivity contribution in [2.75, 3.05) is 14.2 Å². The quantitative estimate of drug-likeness (QED) is 0.870. The molecule has 0 aliphatic heterocycles. The van der Waals surface area contributed by atoms with E-state index < -0.39 is 12.2 Å². The minimum absolute atomic E-state index is 0.172. The lowest BCUT2D eigenvalue weighted by Gasteiger charge is -2.30. The minimum Gasteiger partial charge on any atom is -0.497 e. The zero-order valence-corrected chi connectivity index (χ0v) is 12.2. The first-order valence-corrected chi connectivity index (χ1v) is 7.25. The highest BCUT2D eigenvalue weighted by atomic mass is 16.5. The Morgan fingerprint density at radius 1 is 1.05 bits per heavy atom. The van der Waals surface area contributed by atoms with Gasteiger partial charge in [0.15, 0.2) is 0 Å². The van der Waals surface area contributed by atoms with Crippen LogP contribution in [0.15, 0.2) is 18.2 Å². The molecule has 20 heavy (non-hydrogen) atoms. The lowest BCUT2D eigenvalue weighted by molar-refractivity contribution is -0.0295. The van der Waals surface area contributed by atoms with Gasteiger partial charge in [0.25, 0.3) is 0 Å². The number of methoxy groups -OCH3 is 2. The van der Waals surface area contributed by atoms with Gasteiger partial charge in [-0.3, -0.25) is 0 Å². The van der Waals surface area contributed by atoms with Crippen LogP contribution in [-0.2, 0) is 0 Å². The smallest absolute Gasteiger partial charge is 0.128 e. The van der Waals surface area contributed by atoms with Crippen LogP contribution in [-0.4, -0.2) is 30.5 Å². The molecule has 0 aromatic heterocycles. The highest BCUT2D eigenvalue weighted by molar-refractivity contribution is 5.42. The first-order chi connectivity index (χ1) is 9.67. The molecule has 0 amide bonds. The largest absolute Gasteiger partial charge is 0.497 e. The number of benzene rings is 1. The second-order valence-electron chi connectivity index (χ2n) is 5.44. The Bertz CT molecular complexity index is 426. The molecule has 1 aromatic rings. The minimum atomic E-state index is -0.918. The molecule has 0 spiro atoms. The molecule has 2 rings (SSSR count). The highest BCUT2D eigenvalue weighted by Gasteiger charge is 2.30. The molecule has 2 atom stereocenters. The monoisotopic (exact) mass is 280 g/mol. The van der Waals surface area contributed by atoms with Crippen molar-refractivity contribution in [2.45, 2.75) is 44.3 Å². The third kappa shape index (κ3) is 3.25. The van der Waals surface area contributed by atoms with E-state index in [1.807, 2.05) is 0 Å². The maximum absolute atomic E-state index is 10.4. The van der Waals surface area contributed by atoms with E-state index in [9.17, 15) is 10.2 Å². The number of aliphatic hydroxyl groups is 2. The van der Waals surface area contributed by atoms with Crippen molar-refractivity contribution in [3.05, 3.63) is 23.8 Å². The van der Waals surface area contributed by atoms with E-state index in [1.165, 1.54) is 6.42 Å². The van der Waals surface area contributed by atoms with Crippen LogP contribution in [0.2, 0.25) is 0 Å². The highest BCUT2D eigenvalue weighted by Crippen LogP contribution is 2.36. The van der Waals surface area contributed by atoms with Gasteiger partial charge in [-0.1, -0.05) is 19.3 Å². The van der Waals surface area contributed by atoms with Gasteiger partial charge in [-0.2, -0.15) is 0 Å². The van der Waals surface area contributed by atoms with Crippen LogP contribution in [0, 0.1) is 5.92 Å². The van der Waals surface area contributed by atoms with Gasteiger partial charge in [-0.05, 0) is 30.9 Å². The SMILES string of the molecule is COc1ccc(C(O)C(O)C2CCCCC2)c(OC)c1. The van der Waals surface area contributed by atoms with Gasteiger partial charge in [0.2, 0.25) is 0 Å². The third-order valence-corrected chi connectivity index (χ3v) is 4.22. The average Bonchev–Trinajstić information content (AvgIpc) is 2.53. The van der Waals surface area contributed by atoms with Crippen LogP contribution >= 0.6 is 0 Å². The summed E-state index contributed by atoms with van der Waals surface area (Å²) in [5.74, 6) is 1.39. The summed E-state index contributed by atoms with van der Waals surface area (Å²) in [7, 11) is 3.14. The first-order valence-electron chi connectivity index (χ1n) is 7.25. The summed E-state index contributed by atoms with van der Waals surface area (Å²) in [6.45, 7) is 0. The molecular formula is C16H24O4. The second-order valence-corrected chi connectivity index (χ2v) is 5.44. The fourth-order valence-corrected chi connectivity index (χ4v) is 2.98. The summed E-state index contributed by atoms with van der Waals surface area (Å²) in [6, 6.07) is 5.26. The molecule has 1 aromatic carbocycles. The van der Waals surface area contributed by atoms with Crippen LogP contribution in [0.1, 0.15) is 43.8 Å². The molecule has 1 aliphatic rings. The van der Waals surface area contributed by atoms with Crippen LogP contribution in [0.4, 0.5) is 0 Å². The topological polar surface area (TPSA) is 58.9 Å². The van der Waals surface area contributed by atoms with Gasteiger partial charge in [0, 0.05) is 11.6 Å². The van der Waals surface area contributed by atoms with Gasteiger partial charge >= 0.3 is 0 Å². The Morgan fingerprint density at radius 2 is 1.75 bits per heavy atom. The number of aliphatic hydroxyl groups excluding tert-OH is 2. The second kappa shape index (κ2) is 6.95. The van der Waals surface area contributed by atoms with Crippen molar-refractivity contribution < 1.29 is 19.7 Å². The standard InChI is InChI=1S/C16H24O4/c1-19-12-8-9-13(14(10-12)20-2)16(18)15(17)11-6-4-3-5-7-11/h8-11,15-18H,3-7H2,1-2H3. The van der Waals surface area contributed by atoms with Crippen LogP contribution in [0.25, 0.3) is 0 Å². The van der Waals surface area contributed by atoms with Crippen molar-refractivity contribution in [3.8, 4) is 11.5 Å². The summed E-state index contributed by atoms with van der Waals surface area (Å²) in [5, 5.41) is 20.9. The van der Waals surface area contributed by atoms with E-state index in [4.69, 9.17) is 9.47 Å². The Morgan fingerprint density at radius 3 is 2.35 bits per heavy atom. The molecule has 1 saturated carbocycles. The van der Waals surface area contributed by atoms with E-state index in [2.05, 4.69) is 0 Å². The summed E-state index contributed by atoms with van der Waals surface area (Å²) in [5.41, 5.74) is 0.617. The summed E-state index contributed by atoms with van der Waals surface area (Å²) in [4.78, 5) is 0. The Hall–Kier alpha value is -1.26. The van der Waals surface area contributed by atoms with E-state index >= 15 is 0 Å². The van der Waals surface area contributed by atoms with Crippen LogP contribution < -0.4 is 9.47 Å². The maximum Gasteiger partial charge on any atom is 0.128 e. The Balaban J connectivity index is 2.16. The van der Waals surface area contributed by atoms with Gasteiger partial charge in [-0.25, -0.2) is 0 Å².